The molecule has 2 aromatic carbocycles. The third-order valence-corrected chi connectivity index (χ3v) is 2.65. The van der Waals surface area contributed by atoms with Crippen LogP contribution in [0.25, 0.3) is 0 Å². The molecule has 0 aliphatic rings. The number of hydrogen-bond acceptors (Lipinski definition) is 1. The van der Waals surface area contributed by atoms with Crippen LogP contribution in [0.2, 0.25) is 5.02 Å². The van der Waals surface area contributed by atoms with Gasteiger partial charge in [0.15, 0.2) is 0 Å². The Hall–Kier alpha value is -1.51. The third kappa shape index (κ3) is 2.35. The lowest BCUT2D eigenvalue weighted by Gasteiger charge is -2.09. The van der Waals surface area contributed by atoms with Crippen LogP contribution in [0.3, 0.4) is 0 Å². The fourth-order valence-electron chi connectivity index (χ4n) is 1.49. The summed E-state index contributed by atoms with van der Waals surface area (Å²) in [5.41, 5.74) is 4.79. The number of quaternary nitrogens is 1. The summed E-state index contributed by atoms with van der Waals surface area (Å²) in [6.07, 6.45) is 0. The maximum Gasteiger partial charge on any atom is 0.137 e. The SMILES string of the molecule is [NH3+]Cc1c(Cl)cccc1Oc1ccccc1. The molecule has 0 aromatic heterocycles. The van der Waals surface area contributed by atoms with E-state index in [0.29, 0.717) is 11.6 Å². The van der Waals surface area contributed by atoms with E-state index in [0.717, 1.165) is 17.1 Å². The molecule has 2 aromatic rings. The molecule has 0 unspecified atom stereocenters. The second kappa shape index (κ2) is 5.01. The van der Waals surface area contributed by atoms with Gasteiger partial charge in [0.1, 0.15) is 18.0 Å². The third-order valence-electron chi connectivity index (χ3n) is 2.30. The van der Waals surface area contributed by atoms with Crippen molar-refractivity contribution in [3.8, 4) is 11.5 Å². The maximum atomic E-state index is 6.08. The molecule has 0 fully saturated rings. The highest BCUT2D eigenvalue weighted by Gasteiger charge is 2.08. The van der Waals surface area contributed by atoms with Crippen LogP contribution in [-0.4, -0.2) is 0 Å². The minimum absolute atomic E-state index is 0.613. The summed E-state index contributed by atoms with van der Waals surface area (Å²) in [5, 5.41) is 0.698. The Morgan fingerprint density at radius 3 is 2.44 bits per heavy atom. The van der Waals surface area contributed by atoms with Crippen LogP contribution in [0, 0.1) is 0 Å². The predicted molar refractivity (Wildman–Crippen MR) is 64.6 cm³/mol. The van der Waals surface area contributed by atoms with Gasteiger partial charge in [-0.25, -0.2) is 0 Å². The second-order valence-electron chi connectivity index (χ2n) is 3.38. The fourth-order valence-corrected chi connectivity index (χ4v) is 1.75. The molecule has 0 amide bonds. The molecule has 82 valence electrons. The Labute approximate surface area is 99.6 Å². The summed E-state index contributed by atoms with van der Waals surface area (Å²) < 4.78 is 5.76. The van der Waals surface area contributed by atoms with Crippen molar-refractivity contribution in [3.63, 3.8) is 0 Å². The molecule has 0 saturated carbocycles. The Balaban J connectivity index is 2.31. The van der Waals surface area contributed by atoms with Crippen molar-refractivity contribution < 1.29 is 10.5 Å². The largest absolute Gasteiger partial charge is 0.457 e. The van der Waals surface area contributed by atoms with E-state index in [4.69, 9.17) is 16.3 Å². The topological polar surface area (TPSA) is 36.9 Å². The van der Waals surface area contributed by atoms with E-state index in [2.05, 4.69) is 5.73 Å². The van der Waals surface area contributed by atoms with Crippen molar-refractivity contribution in [2.24, 2.45) is 0 Å². The Bertz CT molecular complexity index is 471. The standard InChI is InChI=1S/C13H12ClNO/c14-12-7-4-8-13(11(12)9-15)16-10-5-2-1-3-6-10/h1-8H,9,15H2/p+1. The lowest BCUT2D eigenvalue weighted by Crippen LogP contribution is -2.47. The van der Waals surface area contributed by atoms with Crippen LogP contribution in [0.1, 0.15) is 5.56 Å². The highest BCUT2D eigenvalue weighted by molar-refractivity contribution is 6.31. The van der Waals surface area contributed by atoms with E-state index in [1.165, 1.54) is 0 Å². The molecule has 0 spiro atoms. The first kappa shape index (κ1) is 11.0. The van der Waals surface area contributed by atoms with E-state index in [1.54, 1.807) is 0 Å². The minimum Gasteiger partial charge on any atom is -0.457 e. The molecule has 0 aliphatic heterocycles. The van der Waals surface area contributed by atoms with Gasteiger partial charge in [-0.05, 0) is 24.3 Å². The number of halogens is 1. The first-order valence-electron chi connectivity index (χ1n) is 5.11. The van der Waals surface area contributed by atoms with Crippen molar-refractivity contribution in [2.45, 2.75) is 6.54 Å². The summed E-state index contributed by atoms with van der Waals surface area (Å²) in [6.45, 7) is 0.613. The zero-order valence-electron chi connectivity index (χ0n) is 8.82. The summed E-state index contributed by atoms with van der Waals surface area (Å²) >= 11 is 6.08. The minimum atomic E-state index is 0.613. The molecule has 0 bridgehead atoms. The van der Waals surface area contributed by atoms with Crippen molar-refractivity contribution in [3.05, 3.63) is 59.1 Å². The number of benzene rings is 2. The molecule has 3 N–H and O–H groups in total. The first-order valence-corrected chi connectivity index (χ1v) is 5.48. The van der Waals surface area contributed by atoms with Crippen LogP contribution in [0.15, 0.2) is 48.5 Å². The smallest absolute Gasteiger partial charge is 0.137 e. The Morgan fingerprint density at radius 2 is 1.75 bits per heavy atom. The van der Waals surface area contributed by atoms with Crippen LogP contribution >= 0.6 is 11.6 Å². The normalized spacial score (nSPS) is 10.1. The molecule has 0 heterocycles. The molecule has 0 saturated heterocycles. The highest BCUT2D eigenvalue weighted by atomic mass is 35.5. The molecule has 16 heavy (non-hydrogen) atoms. The molecule has 0 atom stereocenters. The first-order chi connectivity index (χ1) is 7.81. The van der Waals surface area contributed by atoms with E-state index in [1.807, 2.05) is 48.5 Å². The van der Waals surface area contributed by atoms with Crippen LogP contribution < -0.4 is 10.5 Å². The molecule has 3 heteroatoms. The highest BCUT2D eigenvalue weighted by Crippen LogP contribution is 2.29. The maximum absolute atomic E-state index is 6.08. The van der Waals surface area contributed by atoms with Gasteiger partial charge >= 0.3 is 0 Å². The summed E-state index contributed by atoms with van der Waals surface area (Å²) in [6, 6.07) is 15.3. The second-order valence-corrected chi connectivity index (χ2v) is 3.79. The average Bonchev–Trinajstić information content (AvgIpc) is 2.31. The van der Waals surface area contributed by atoms with E-state index < -0.39 is 0 Å². The van der Waals surface area contributed by atoms with Gasteiger partial charge in [-0.15, -0.1) is 0 Å². The van der Waals surface area contributed by atoms with Crippen molar-refractivity contribution in [1.29, 1.82) is 0 Å². The zero-order valence-corrected chi connectivity index (χ0v) is 9.58. The molecule has 0 radical (unpaired) electrons. The van der Waals surface area contributed by atoms with Gasteiger partial charge < -0.3 is 10.5 Å². The number of rotatable bonds is 3. The molecule has 2 rings (SSSR count). The van der Waals surface area contributed by atoms with Gasteiger partial charge in [-0.3, -0.25) is 0 Å². The van der Waals surface area contributed by atoms with Gasteiger partial charge in [0, 0.05) is 0 Å². The van der Waals surface area contributed by atoms with Crippen LogP contribution in [-0.2, 0) is 6.54 Å². The van der Waals surface area contributed by atoms with Gasteiger partial charge in [0.25, 0.3) is 0 Å². The molecular weight excluding hydrogens is 222 g/mol. The van der Waals surface area contributed by atoms with Crippen molar-refractivity contribution >= 4 is 11.6 Å². The molecule has 0 aliphatic carbocycles. The molecule has 2 nitrogen and oxygen atoms in total. The van der Waals surface area contributed by atoms with E-state index in [-0.39, 0.29) is 0 Å². The summed E-state index contributed by atoms with van der Waals surface area (Å²) in [7, 11) is 0. The van der Waals surface area contributed by atoms with Gasteiger partial charge in [0.2, 0.25) is 0 Å². The van der Waals surface area contributed by atoms with E-state index >= 15 is 0 Å². The van der Waals surface area contributed by atoms with E-state index in [9.17, 15) is 0 Å². The van der Waals surface area contributed by atoms with Crippen molar-refractivity contribution in [1.82, 2.24) is 0 Å². The number of hydrogen-bond donors (Lipinski definition) is 1. The quantitative estimate of drug-likeness (QED) is 0.871. The van der Waals surface area contributed by atoms with Gasteiger partial charge in [-0.2, -0.15) is 0 Å². The number of ether oxygens (including phenoxy) is 1. The lowest BCUT2D eigenvalue weighted by atomic mass is 10.2. The zero-order chi connectivity index (χ0) is 11.4. The summed E-state index contributed by atoms with van der Waals surface area (Å²) in [5.74, 6) is 1.58. The van der Waals surface area contributed by atoms with Crippen molar-refractivity contribution in [2.75, 3.05) is 0 Å². The van der Waals surface area contributed by atoms with Gasteiger partial charge in [-0.1, -0.05) is 35.9 Å². The average molecular weight is 235 g/mol. The van der Waals surface area contributed by atoms with Gasteiger partial charge in [0.05, 0.1) is 10.6 Å². The van der Waals surface area contributed by atoms with Crippen LogP contribution in [0.4, 0.5) is 0 Å². The number of para-hydroxylation sites is 1. The summed E-state index contributed by atoms with van der Waals surface area (Å²) in [4.78, 5) is 0. The Morgan fingerprint density at radius 1 is 1.00 bits per heavy atom. The predicted octanol–water partition coefficient (Wildman–Crippen LogP) is 2.87. The monoisotopic (exact) mass is 234 g/mol. The fraction of sp³-hybridized carbons (Fsp3) is 0.0769. The Kier molecular flexibility index (Phi) is 3.44. The van der Waals surface area contributed by atoms with Crippen LogP contribution in [0.5, 0.6) is 11.5 Å². The lowest BCUT2D eigenvalue weighted by molar-refractivity contribution is -0.386. The molecular formula is C13H13ClNO+.